The minimum absolute atomic E-state index is 0.276. The summed E-state index contributed by atoms with van der Waals surface area (Å²) in [6.07, 6.45) is 0. The van der Waals surface area contributed by atoms with E-state index >= 15 is 0 Å². The van der Waals surface area contributed by atoms with E-state index in [0.29, 0.717) is 16.3 Å². The first-order chi connectivity index (χ1) is 14.5. The van der Waals surface area contributed by atoms with Crippen molar-refractivity contribution in [2.75, 3.05) is 5.32 Å². The number of halogens is 1. The van der Waals surface area contributed by atoms with E-state index in [9.17, 15) is 9.18 Å². The fourth-order valence-corrected chi connectivity index (χ4v) is 4.07. The van der Waals surface area contributed by atoms with Crippen molar-refractivity contribution >= 4 is 22.4 Å². The van der Waals surface area contributed by atoms with Crippen LogP contribution >= 0.6 is 11.3 Å². The molecule has 0 fully saturated rings. The molecule has 2 heterocycles. The number of aryl methyl sites for hydroxylation is 1. The van der Waals surface area contributed by atoms with Gasteiger partial charge in [-0.25, -0.2) is 9.37 Å². The molecule has 4 rings (SSSR count). The van der Waals surface area contributed by atoms with Crippen LogP contribution in [0.25, 0.3) is 16.9 Å². The summed E-state index contributed by atoms with van der Waals surface area (Å²) in [5.41, 5.74) is 5.38. The van der Waals surface area contributed by atoms with Crippen LogP contribution in [0.5, 0.6) is 0 Å². The highest BCUT2D eigenvalue weighted by Crippen LogP contribution is 2.31. The van der Waals surface area contributed by atoms with Crippen LogP contribution in [0.2, 0.25) is 0 Å². The normalized spacial score (nSPS) is 10.6. The zero-order chi connectivity index (χ0) is 21.3. The maximum atomic E-state index is 13.3. The second-order valence-electron chi connectivity index (χ2n) is 6.78. The molecular weight excluding hydrogens is 399 g/mol. The van der Waals surface area contributed by atoms with Gasteiger partial charge in [0.25, 0.3) is 5.91 Å². The number of hydrogen-bond donors (Lipinski definition) is 1. The van der Waals surface area contributed by atoms with Gasteiger partial charge in [0.1, 0.15) is 5.82 Å². The number of nitrogens with zero attached hydrogens (tertiary/aromatic N) is 3. The van der Waals surface area contributed by atoms with Crippen molar-refractivity contribution in [2.24, 2.45) is 0 Å². The summed E-state index contributed by atoms with van der Waals surface area (Å²) in [6.45, 7) is 3.97. The number of aromatic nitrogens is 2. The number of amides is 1. The van der Waals surface area contributed by atoms with Crippen LogP contribution in [0.3, 0.4) is 0 Å². The third-order valence-corrected chi connectivity index (χ3v) is 5.53. The van der Waals surface area contributed by atoms with E-state index in [-0.39, 0.29) is 11.7 Å². The number of nitrogens with one attached hydrogen (secondary N) is 1. The van der Waals surface area contributed by atoms with Crippen LogP contribution in [0.1, 0.15) is 27.3 Å². The first-order valence-electron chi connectivity index (χ1n) is 9.18. The molecule has 7 heteroatoms. The summed E-state index contributed by atoms with van der Waals surface area (Å²) >= 11 is 1.33. The zero-order valence-electron chi connectivity index (χ0n) is 16.3. The quantitative estimate of drug-likeness (QED) is 0.479. The van der Waals surface area contributed by atoms with E-state index in [0.717, 1.165) is 28.3 Å². The van der Waals surface area contributed by atoms with Gasteiger partial charge in [-0.05, 0) is 62.4 Å². The Hall–Kier alpha value is -3.76. The van der Waals surface area contributed by atoms with E-state index < -0.39 is 0 Å². The van der Waals surface area contributed by atoms with Crippen LogP contribution in [0.4, 0.5) is 9.52 Å². The molecule has 0 bridgehead atoms. The molecule has 1 amide bonds. The first kappa shape index (κ1) is 19.6. The number of thiazole rings is 1. The van der Waals surface area contributed by atoms with Crippen molar-refractivity contribution < 1.29 is 9.18 Å². The molecule has 0 spiro atoms. The topological polar surface area (TPSA) is 70.7 Å². The molecule has 0 aliphatic heterocycles. The molecule has 0 saturated heterocycles. The van der Waals surface area contributed by atoms with Crippen LogP contribution in [-0.4, -0.2) is 15.5 Å². The molecular formula is C23H17FN4OS. The fourth-order valence-electron chi connectivity index (χ4n) is 3.36. The van der Waals surface area contributed by atoms with E-state index in [1.54, 1.807) is 36.4 Å². The number of rotatable bonds is 4. The highest BCUT2D eigenvalue weighted by Gasteiger charge is 2.16. The number of carbonyl (C=O) groups is 1. The van der Waals surface area contributed by atoms with Gasteiger partial charge in [-0.15, -0.1) is 11.3 Å². The Morgan fingerprint density at radius 3 is 2.67 bits per heavy atom. The van der Waals surface area contributed by atoms with E-state index in [1.807, 2.05) is 35.9 Å². The Morgan fingerprint density at radius 1 is 1.17 bits per heavy atom. The lowest BCUT2D eigenvalue weighted by atomic mass is 10.1. The summed E-state index contributed by atoms with van der Waals surface area (Å²) < 4.78 is 15.3. The summed E-state index contributed by atoms with van der Waals surface area (Å²) in [4.78, 5) is 17.0. The molecule has 0 atom stereocenters. The van der Waals surface area contributed by atoms with Crippen LogP contribution in [-0.2, 0) is 0 Å². The highest BCUT2D eigenvalue weighted by molar-refractivity contribution is 7.14. The van der Waals surface area contributed by atoms with E-state index in [1.165, 1.54) is 23.5 Å². The van der Waals surface area contributed by atoms with Crippen molar-refractivity contribution in [3.8, 4) is 23.0 Å². The van der Waals surface area contributed by atoms with Gasteiger partial charge < -0.3 is 4.57 Å². The SMILES string of the molecule is Cc1cc(-c2csc(NC(=O)c3cccc(C#N)c3)n2)c(C)n1-c1ccc(F)cc1. The molecule has 148 valence electrons. The molecule has 0 radical (unpaired) electrons. The average Bonchev–Trinajstić information content (AvgIpc) is 3.32. The monoisotopic (exact) mass is 416 g/mol. The smallest absolute Gasteiger partial charge is 0.257 e. The summed E-state index contributed by atoms with van der Waals surface area (Å²) in [7, 11) is 0. The fraction of sp³-hybridized carbons (Fsp3) is 0.0870. The molecule has 0 aliphatic carbocycles. The Balaban J connectivity index is 1.60. The maximum Gasteiger partial charge on any atom is 0.257 e. The van der Waals surface area contributed by atoms with Gasteiger partial charge in [-0.1, -0.05) is 6.07 Å². The predicted molar refractivity (Wildman–Crippen MR) is 115 cm³/mol. The number of hydrogen-bond acceptors (Lipinski definition) is 4. The Labute approximate surface area is 177 Å². The largest absolute Gasteiger partial charge is 0.318 e. The minimum Gasteiger partial charge on any atom is -0.318 e. The maximum absolute atomic E-state index is 13.3. The van der Waals surface area contributed by atoms with Gasteiger partial charge in [0, 0.05) is 33.6 Å². The minimum atomic E-state index is -0.315. The number of carbonyl (C=O) groups excluding carboxylic acids is 1. The van der Waals surface area contributed by atoms with Gasteiger partial charge in [0.05, 0.1) is 17.3 Å². The van der Waals surface area contributed by atoms with Gasteiger partial charge in [-0.2, -0.15) is 5.26 Å². The van der Waals surface area contributed by atoms with Gasteiger partial charge in [-0.3, -0.25) is 10.1 Å². The van der Waals surface area contributed by atoms with Crippen molar-refractivity contribution in [3.05, 3.63) is 88.3 Å². The molecule has 5 nitrogen and oxygen atoms in total. The summed E-state index contributed by atoms with van der Waals surface area (Å²) in [5, 5.41) is 14.1. The number of benzene rings is 2. The summed E-state index contributed by atoms with van der Waals surface area (Å²) in [5.74, 6) is -0.591. The van der Waals surface area contributed by atoms with Crippen molar-refractivity contribution in [1.29, 1.82) is 5.26 Å². The van der Waals surface area contributed by atoms with Crippen molar-refractivity contribution in [3.63, 3.8) is 0 Å². The van der Waals surface area contributed by atoms with Crippen LogP contribution in [0.15, 0.2) is 60.0 Å². The molecule has 1 N–H and O–H groups in total. The third-order valence-electron chi connectivity index (χ3n) is 4.77. The van der Waals surface area contributed by atoms with E-state index in [2.05, 4.69) is 10.3 Å². The summed E-state index contributed by atoms with van der Waals surface area (Å²) in [6, 6.07) is 16.9. The van der Waals surface area contributed by atoms with Crippen molar-refractivity contribution in [1.82, 2.24) is 9.55 Å². The predicted octanol–water partition coefficient (Wildman–Crippen LogP) is 5.48. The number of nitriles is 1. The van der Waals surface area contributed by atoms with Crippen LogP contribution < -0.4 is 5.32 Å². The molecule has 2 aromatic heterocycles. The van der Waals surface area contributed by atoms with E-state index in [4.69, 9.17) is 5.26 Å². The first-order valence-corrected chi connectivity index (χ1v) is 10.1. The zero-order valence-corrected chi connectivity index (χ0v) is 17.1. The Kier molecular flexibility index (Phi) is 5.17. The Morgan fingerprint density at radius 2 is 1.93 bits per heavy atom. The second kappa shape index (κ2) is 7.93. The lowest BCUT2D eigenvalue weighted by molar-refractivity contribution is 0.102. The third kappa shape index (κ3) is 3.73. The average molecular weight is 416 g/mol. The van der Waals surface area contributed by atoms with Gasteiger partial charge in [0.2, 0.25) is 0 Å². The van der Waals surface area contributed by atoms with Gasteiger partial charge >= 0.3 is 0 Å². The molecule has 30 heavy (non-hydrogen) atoms. The second-order valence-corrected chi connectivity index (χ2v) is 7.64. The molecule has 0 aliphatic rings. The molecule has 0 unspecified atom stereocenters. The molecule has 0 saturated carbocycles. The molecule has 2 aromatic carbocycles. The Bertz CT molecular complexity index is 1280. The molecule has 4 aromatic rings. The van der Waals surface area contributed by atoms with Crippen LogP contribution in [0, 0.1) is 31.0 Å². The highest BCUT2D eigenvalue weighted by atomic mass is 32.1. The van der Waals surface area contributed by atoms with Crippen molar-refractivity contribution in [2.45, 2.75) is 13.8 Å². The lowest BCUT2D eigenvalue weighted by Gasteiger charge is -2.09. The van der Waals surface area contributed by atoms with Gasteiger partial charge in [0.15, 0.2) is 5.13 Å². The lowest BCUT2D eigenvalue weighted by Crippen LogP contribution is -2.11. The standard InChI is InChI=1S/C23H17FN4OS/c1-14-10-20(15(2)28(14)19-8-6-18(24)7-9-19)21-13-30-23(26-21)27-22(29)17-5-3-4-16(11-17)12-25/h3-11,13H,1-2H3,(H,26,27,29). The number of anilines is 1.